The lowest BCUT2D eigenvalue weighted by atomic mass is 9.99. The number of benzene rings is 1. The quantitative estimate of drug-likeness (QED) is 0.657. The van der Waals surface area contributed by atoms with Crippen LogP contribution in [0, 0.1) is 0 Å². The van der Waals surface area contributed by atoms with Gasteiger partial charge in [0.1, 0.15) is 0 Å². The van der Waals surface area contributed by atoms with E-state index in [0.717, 1.165) is 12.8 Å². The van der Waals surface area contributed by atoms with Crippen molar-refractivity contribution in [2.75, 3.05) is 11.2 Å². The van der Waals surface area contributed by atoms with Crippen LogP contribution in [-0.4, -0.2) is 11.9 Å². The van der Waals surface area contributed by atoms with Gasteiger partial charge in [-0.15, -0.1) is 11.6 Å². The van der Waals surface area contributed by atoms with Crippen LogP contribution in [0.5, 0.6) is 0 Å². The lowest BCUT2D eigenvalue weighted by Crippen LogP contribution is -2.26. The number of rotatable bonds is 1. The third-order valence-electron chi connectivity index (χ3n) is 2.33. The van der Waals surface area contributed by atoms with E-state index < -0.39 is 0 Å². The number of halogens is 1. The maximum atomic E-state index is 5.78. The van der Waals surface area contributed by atoms with Crippen molar-refractivity contribution in [1.29, 1.82) is 0 Å². The molecule has 0 amide bonds. The van der Waals surface area contributed by atoms with Gasteiger partial charge in [-0.2, -0.15) is 0 Å². The van der Waals surface area contributed by atoms with Gasteiger partial charge in [-0.1, -0.05) is 18.2 Å². The maximum Gasteiger partial charge on any atom is 0.0425 e. The standard InChI is InChI=1S/C10H12ClN/c11-7-9-6-5-8-3-1-2-4-10(8)12-9/h1-4,9,12H,5-7H2/t9-/m1/s1. The van der Waals surface area contributed by atoms with E-state index in [4.69, 9.17) is 11.6 Å². The van der Waals surface area contributed by atoms with Crippen LogP contribution in [0.4, 0.5) is 5.69 Å². The summed E-state index contributed by atoms with van der Waals surface area (Å²) >= 11 is 5.78. The molecule has 1 heterocycles. The monoisotopic (exact) mass is 181 g/mol. The molecule has 0 fully saturated rings. The Labute approximate surface area is 77.7 Å². The Morgan fingerprint density at radius 1 is 1.42 bits per heavy atom. The zero-order valence-electron chi connectivity index (χ0n) is 6.89. The van der Waals surface area contributed by atoms with Crippen molar-refractivity contribution in [2.24, 2.45) is 0 Å². The molecule has 1 N–H and O–H groups in total. The summed E-state index contributed by atoms with van der Waals surface area (Å²) in [7, 11) is 0. The van der Waals surface area contributed by atoms with E-state index in [1.54, 1.807) is 0 Å². The summed E-state index contributed by atoms with van der Waals surface area (Å²) in [6.45, 7) is 0. The first kappa shape index (κ1) is 7.93. The van der Waals surface area contributed by atoms with Gasteiger partial charge in [0.15, 0.2) is 0 Å². The van der Waals surface area contributed by atoms with Gasteiger partial charge in [-0.05, 0) is 24.5 Å². The number of hydrogen-bond acceptors (Lipinski definition) is 1. The van der Waals surface area contributed by atoms with Crippen molar-refractivity contribution < 1.29 is 0 Å². The van der Waals surface area contributed by atoms with Crippen molar-refractivity contribution in [1.82, 2.24) is 0 Å². The second-order valence-electron chi connectivity index (χ2n) is 3.19. The molecule has 1 nitrogen and oxygen atoms in total. The average molecular weight is 182 g/mol. The zero-order valence-corrected chi connectivity index (χ0v) is 7.64. The largest absolute Gasteiger partial charge is 0.381 e. The summed E-state index contributed by atoms with van der Waals surface area (Å²) in [6.07, 6.45) is 2.31. The molecule has 0 spiro atoms. The summed E-state index contributed by atoms with van der Waals surface area (Å²) in [6, 6.07) is 8.90. The Bertz CT molecular complexity index is 272. The van der Waals surface area contributed by atoms with E-state index in [0.29, 0.717) is 11.9 Å². The number of anilines is 1. The van der Waals surface area contributed by atoms with Crippen LogP contribution < -0.4 is 5.32 Å². The maximum absolute atomic E-state index is 5.78. The summed E-state index contributed by atoms with van der Waals surface area (Å²) in [5.41, 5.74) is 2.67. The lowest BCUT2D eigenvalue weighted by Gasteiger charge is -2.25. The second kappa shape index (κ2) is 3.36. The number of hydrogen-bond donors (Lipinski definition) is 1. The first-order chi connectivity index (χ1) is 5.90. The first-order valence-corrected chi connectivity index (χ1v) is 4.84. The van der Waals surface area contributed by atoms with Crippen LogP contribution in [0.25, 0.3) is 0 Å². The van der Waals surface area contributed by atoms with Crippen LogP contribution in [0.1, 0.15) is 12.0 Å². The van der Waals surface area contributed by atoms with Gasteiger partial charge in [-0.3, -0.25) is 0 Å². The average Bonchev–Trinajstić information content (AvgIpc) is 2.17. The van der Waals surface area contributed by atoms with Crippen LogP contribution in [0.2, 0.25) is 0 Å². The van der Waals surface area contributed by atoms with E-state index in [-0.39, 0.29) is 0 Å². The molecule has 0 bridgehead atoms. The van der Waals surface area contributed by atoms with Crippen LogP contribution >= 0.6 is 11.6 Å². The summed E-state index contributed by atoms with van der Waals surface area (Å²) in [4.78, 5) is 0. The number of para-hydroxylation sites is 1. The fraction of sp³-hybridized carbons (Fsp3) is 0.400. The van der Waals surface area contributed by atoms with Crippen molar-refractivity contribution in [3.05, 3.63) is 29.8 Å². The molecule has 2 heteroatoms. The predicted octanol–water partition coefficient (Wildman–Crippen LogP) is 2.65. The normalized spacial score (nSPS) is 21.2. The number of alkyl halides is 1. The Hall–Kier alpha value is -0.690. The molecule has 0 unspecified atom stereocenters. The Morgan fingerprint density at radius 3 is 3.08 bits per heavy atom. The highest BCUT2D eigenvalue weighted by atomic mass is 35.5. The molecule has 0 aromatic heterocycles. The molecule has 1 aliphatic heterocycles. The van der Waals surface area contributed by atoms with Gasteiger partial charge in [0, 0.05) is 17.6 Å². The summed E-state index contributed by atoms with van der Waals surface area (Å²) in [5.74, 6) is 0.703. The third-order valence-corrected chi connectivity index (χ3v) is 2.70. The molecule has 1 aliphatic rings. The minimum absolute atomic E-state index is 0.460. The number of fused-ring (bicyclic) bond motifs is 1. The molecule has 0 radical (unpaired) electrons. The highest BCUT2D eigenvalue weighted by Gasteiger charge is 2.15. The highest BCUT2D eigenvalue weighted by Crippen LogP contribution is 2.24. The van der Waals surface area contributed by atoms with Gasteiger partial charge in [-0.25, -0.2) is 0 Å². The molecule has 1 aromatic rings. The van der Waals surface area contributed by atoms with Gasteiger partial charge in [0.25, 0.3) is 0 Å². The smallest absolute Gasteiger partial charge is 0.0425 e. The third kappa shape index (κ3) is 1.42. The molecule has 2 rings (SSSR count). The minimum atomic E-state index is 0.460. The van der Waals surface area contributed by atoms with Crippen LogP contribution in [-0.2, 0) is 6.42 Å². The molecule has 12 heavy (non-hydrogen) atoms. The Balaban J connectivity index is 2.23. The number of aryl methyl sites for hydroxylation is 1. The fourth-order valence-electron chi connectivity index (χ4n) is 1.62. The van der Waals surface area contributed by atoms with E-state index >= 15 is 0 Å². The predicted molar refractivity (Wildman–Crippen MR) is 52.9 cm³/mol. The fourth-order valence-corrected chi connectivity index (χ4v) is 1.85. The van der Waals surface area contributed by atoms with Crippen LogP contribution in [0.15, 0.2) is 24.3 Å². The topological polar surface area (TPSA) is 12.0 Å². The second-order valence-corrected chi connectivity index (χ2v) is 3.50. The van der Waals surface area contributed by atoms with E-state index in [9.17, 15) is 0 Å². The van der Waals surface area contributed by atoms with Crippen molar-refractivity contribution in [3.63, 3.8) is 0 Å². The van der Waals surface area contributed by atoms with Crippen molar-refractivity contribution in [3.8, 4) is 0 Å². The van der Waals surface area contributed by atoms with E-state index in [1.807, 2.05) is 0 Å². The lowest BCUT2D eigenvalue weighted by molar-refractivity contribution is 0.686. The highest BCUT2D eigenvalue weighted by molar-refractivity contribution is 6.18. The molecule has 0 aliphatic carbocycles. The molecule has 0 saturated carbocycles. The molecule has 1 aromatic carbocycles. The van der Waals surface area contributed by atoms with Gasteiger partial charge >= 0.3 is 0 Å². The van der Waals surface area contributed by atoms with Crippen LogP contribution in [0.3, 0.4) is 0 Å². The number of nitrogens with one attached hydrogen (secondary N) is 1. The van der Waals surface area contributed by atoms with Crippen molar-refractivity contribution >= 4 is 17.3 Å². The van der Waals surface area contributed by atoms with E-state index in [2.05, 4.69) is 29.6 Å². The summed E-state index contributed by atoms with van der Waals surface area (Å²) < 4.78 is 0. The van der Waals surface area contributed by atoms with Gasteiger partial charge in [0.05, 0.1) is 0 Å². The Kier molecular flexibility index (Phi) is 2.22. The molecule has 64 valence electrons. The minimum Gasteiger partial charge on any atom is -0.381 e. The molecular weight excluding hydrogens is 170 g/mol. The zero-order chi connectivity index (χ0) is 8.39. The molecular formula is C10H12ClN. The van der Waals surface area contributed by atoms with E-state index in [1.165, 1.54) is 11.3 Å². The van der Waals surface area contributed by atoms with Gasteiger partial charge in [0.2, 0.25) is 0 Å². The van der Waals surface area contributed by atoms with Crippen molar-refractivity contribution in [2.45, 2.75) is 18.9 Å². The molecule has 1 atom stereocenters. The SMILES string of the molecule is ClC[C@H]1CCc2ccccc2N1. The summed E-state index contributed by atoms with van der Waals surface area (Å²) in [5, 5.41) is 3.41. The Morgan fingerprint density at radius 2 is 2.25 bits per heavy atom. The molecule has 0 saturated heterocycles. The van der Waals surface area contributed by atoms with Gasteiger partial charge < -0.3 is 5.32 Å². The first-order valence-electron chi connectivity index (χ1n) is 4.30.